The van der Waals surface area contributed by atoms with E-state index in [4.69, 9.17) is 5.11 Å². The lowest BCUT2D eigenvalue weighted by Crippen LogP contribution is -2.47. The number of hydrogen-bond acceptors (Lipinski definition) is 3. The average molecular weight is 203 g/mol. The molecule has 0 bridgehead atoms. The molecule has 1 aliphatic heterocycles. The lowest BCUT2D eigenvalue weighted by molar-refractivity contribution is -0.140. The maximum Gasteiger partial charge on any atom is 0.322 e. The summed E-state index contributed by atoms with van der Waals surface area (Å²) in [6.45, 7) is 8.09. The normalized spacial score (nSPS) is 37.7. The maximum atomic E-state index is 11.0. The van der Waals surface area contributed by atoms with Crippen molar-refractivity contribution in [2.24, 2.45) is 0 Å². The third-order valence-electron chi connectivity index (χ3n) is 2.54. The van der Waals surface area contributed by atoms with Crippen LogP contribution in [0.25, 0.3) is 0 Å². The van der Waals surface area contributed by atoms with Crippen molar-refractivity contribution in [3.05, 3.63) is 0 Å². The molecule has 0 amide bonds. The molecule has 0 aliphatic carbocycles. The van der Waals surface area contributed by atoms with Gasteiger partial charge in [0.2, 0.25) is 0 Å². The zero-order chi connectivity index (χ0) is 10.3. The summed E-state index contributed by atoms with van der Waals surface area (Å²) in [7, 11) is 0. The molecule has 0 aromatic heterocycles. The summed E-state index contributed by atoms with van der Waals surface area (Å²) in [5, 5.41) is 12.2. The summed E-state index contributed by atoms with van der Waals surface area (Å²) < 4.78 is -0.185. The predicted octanol–water partition coefficient (Wildman–Crippen LogP) is 1.68. The molecule has 0 radical (unpaired) electrons. The second-order valence-electron chi connectivity index (χ2n) is 4.19. The van der Waals surface area contributed by atoms with E-state index in [-0.39, 0.29) is 9.62 Å². The summed E-state index contributed by atoms with van der Waals surface area (Å²) in [4.78, 5) is 10.9. The molecule has 76 valence electrons. The summed E-state index contributed by atoms with van der Waals surface area (Å²) in [5.41, 5.74) is 0. The number of thioether (sulfide) groups is 1. The third-order valence-corrected chi connectivity index (χ3v) is 4.16. The fraction of sp³-hybridized carbons (Fsp3) is 0.889. The number of carbonyl (C=O) groups is 1. The minimum absolute atomic E-state index is 0.131. The molecule has 0 aromatic rings. The molecule has 3 nitrogen and oxygen atoms in total. The summed E-state index contributed by atoms with van der Waals surface area (Å²) in [6, 6.07) is -0.433. The Morgan fingerprint density at radius 2 is 2.08 bits per heavy atom. The van der Waals surface area contributed by atoms with Gasteiger partial charge in [-0.25, -0.2) is 0 Å². The van der Waals surface area contributed by atoms with Crippen molar-refractivity contribution in [3.63, 3.8) is 0 Å². The van der Waals surface area contributed by atoms with E-state index in [0.717, 1.165) is 6.42 Å². The highest BCUT2D eigenvalue weighted by Crippen LogP contribution is 2.46. The molecule has 0 saturated carbocycles. The lowest BCUT2D eigenvalue weighted by Gasteiger charge is -2.25. The molecule has 4 heteroatoms. The van der Waals surface area contributed by atoms with Crippen LogP contribution in [0.3, 0.4) is 0 Å². The Labute approximate surface area is 83.3 Å². The topological polar surface area (TPSA) is 49.3 Å². The first-order valence-electron chi connectivity index (χ1n) is 4.51. The average Bonchev–Trinajstić information content (AvgIpc) is 2.22. The maximum absolute atomic E-state index is 11.0. The highest BCUT2D eigenvalue weighted by molar-refractivity contribution is 8.02. The van der Waals surface area contributed by atoms with Crippen molar-refractivity contribution >= 4 is 17.7 Å². The SMILES string of the molecule is CC[C@]1(C)SC(C)(C)N[C@@H]1C(=O)O. The van der Waals surface area contributed by atoms with Crippen LogP contribution in [0.1, 0.15) is 34.1 Å². The van der Waals surface area contributed by atoms with E-state index in [9.17, 15) is 4.79 Å². The van der Waals surface area contributed by atoms with Crippen LogP contribution in [0.2, 0.25) is 0 Å². The van der Waals surface area contributed by atoms with Crippen LogP contribution in [0.15, 0.2) is 0 Å². The van der Waals surface area contributed by atoms with Crippen molar-refractivity contribution in [1.82, 2.24) is 5.32 Å². The zero-order valence-electron chi connectivity index (χ0n) is 8.55. The van der Waals surface area contributed by atoms with Crippen molar-refractivity contribution in [2.45, 2.75) is 49.8 Å². The molecule has 2 N–H and O–H groups in total. The lowest BCUT2D eigenvalue weighted by atomic mass is 9.98. The number of carboxylic acid groups (broad SMARTS) is 1. The summed E-state index contributed by atoms with van der Waals surface area (Å²) >= 11 is 1.71. The van der Waals surface area contributed by atoms with E-state index in [1.165, 1.54) is 0 Å². The predicted molar refractivity (Wildman–Crippen MR) is 54.9 cm³/mol. The third kappa shape index (κ3) is 1.99. The van der Waals surface area contributed by atoms with Gasteiger partial charge >= 0.3 is 5.97 Å². The van der Waals surface area contributed by atoms with Crippen LogP contribution >= 0.6 is 11.8 Å². The Balaban J connectivity index is 2.90. The Morgan fingerprint density at radius 3 is 2.38 bits per heavy atom. The molecule has 0 spiro atoms. The van der Waals surface area contributed by atoms with Gasteiger partial charge in [-0.3, -0.25) is 10.1 Å². The largest absolute Gasteiger partial charge is 0.480 e. The van der Waals surface area contributed by atoms with E-state index in [2.05, 4.69) is 5.32 Å². The number of hydrogen-bond donors (Lipinski definition) is 2. The van der Waals surface area contributed by atoms with Gasteiger partial charge in [0.15, 0.2) is 0 Å². The molecule has 0 aromatic carbocycles. The van der Waals surface area contributed by atoms with Gasteiger partial charge < -0.3 is 5.11 Å². The first-order chi connectivity index (χ1) is 5.81. The molecular weight excluding hydrogens is 186 g/mol. The highest BCUT2D eigenvalue weighted by Gasteiger charge is 2.50. The molecule has 1 heterocycles. The smallest absolute Gasteiger partial charge is 0.322 e. The van der Waals surface area contributed by atoms with Crippen molar-refractivity contribution in [1.29, 1.82) is 0 Å². The molecule has 1 saturated heterocycles. The second kappa shape index (κ2) is 3.17. The van der Waals surface area contributed by atoms with Crippen LogP contribution in [-0.2, 0) is 4.79 Å². The van der Waals surface area contributed by atoms with E-state index >= 15 is 0 Å². The molecule has 1 aliphatic rings. The number of carboxylic acids is 1. The van der Waals surface area contributed by atoms with Crippen LogP contribution in [0, 0.1) is 0 Å². The van der Waals surface area contributed by atoms with Gasteiger partial charge in [0.25, 0.3) is 0 Å². The Hall–Kier alpha value is -0.220. The summed E-state index contributed by atoms with van der Waals surface area (Å²) in [6.07, 6.45) is 0.866. The minimum Gasteiger partial charge on any atom is -0.480 e. The quantitative estimate of drug-likeness (QED) is 0.717. The number of aliphatic carboxylic acids is 1. The van der Waals surface area contributed by atoms with Gasteiger partial charge in [-0.2, -0.15) is 0 Å². The standard InChI is InChI=1S/C9H17NO2S/c1-5-9(4)6(7(11)12)10-8(2,3)13-9/h6,10H,5H2,1-4H3,(H,11,12)/t6-,9+/m1/s1. The van der Waals surface area contributed by atoms with E-state index in [1.807, 2.05) is 27.7 Å². The number of rotatable bonds is 2. The Kier molecular flexibility index (Phi) is 2.65. The van der Waals surface area contributed by atoms with Gasteiger partial charge in [-0.05, 0) is 27.2 Å². The van der Waals surface area contributed by atoms with Crippen LogP contribution in [0.5, 0.6) is 0 Å². The molecule has 0 unspecified atom stereocenters. The molecule has 13 heavy (non-hydrogen) atoms. The van der Waals surface area contributed by atoms with Gasteiger partial charge in [0.05, 0.1) is 4.87 Å². The highest BCUT2D eigenvalue weighted by atomic mass is 32.2. The van der Waals surface area contributed by atoms with Crippen LogP contribution < -0.4 is 5.32 Å². The fourth-order valence-corrected chi connectivity index (χ4v) is 3.54. The summed E-state index contributed by atoms with van der Waals surface area (Å²) in [5.74, 6) is -0.748. The van der Waals surface area contributed by atoms with Crippen molar-refractivity contribution < 1.29 is 9.90 Å². The first-order valence-corrected chi connectivity index (χ1v) is 5.33. The fourth-order valence-electron chi connectivity index (χ4n) is 1.77. The zero-order valence-corrected chi connectivity index (χ0v) is 9.36. The molecule has 2 atom stereocenters. The molecule has 1 rings (SSSR count). The van der Waals surface area contributed by atoms with Crippen LogP contribution in [0.4, 0.5) is 0 Å². The molecule has 1 fully saturated rings. The molecular formula is C9H17NO2S. The Morgan fingerprint density at radius 1 is 1.54 bits per heavy atom. The van der Waals surface area contributed by atoms with Gasteiger partial charge in [0, 0.05) is 4.75 Å². The van der Waals surface area contributed by atoms with Gasteiger partial charge in [-0.1, -0.05) is 6.92 Å². The van der Waals surface area contributed by atoms with E-state index in [1.54, 1.807) is 11.8 Å². The first kappa shape index (κ1) is 10.9. The van der Waals surface area contributed by atoms with Crippen LogP contribution in [-0.4, -0.2) is 26.7 Å². The monoisotopic (exact) mass is 203 g/mol. The second-order valence-corrected chi connectivity index (χ2v) is 6.35. The van der Waals surface area contributed by atoms with Gasteiger partial charge in [-0.15, -0.1) is 11.8 Å². The number of nitrogens with one attached hydrogen (secondary N) is 1. The van der Waals surface area contributed by atoms with Crippen molar-refractivity contribution in [3.8, 4) is 0 Å². The van der Waals surface area contributed by atoms with Gasteiger partial charge in [0.1, 0.15) is 6.04 Å². The minimum atomic E-state index is -0.748. The van der Waals surface area contributed by atoms with E-state index in [0.29, 0.717) is 0 Å². The Bertz CT molecular complexity index is 230. The van der Waals surface area contributed by atoms with Crippen molar-refractivity contribution in [2.75, 3.05) is 0 Å². The van der Waals surface area contributed by atoms with E-state index < -0.39 is 12.0 Å².